The number of hydrogen-bond acceptors (Lipinski definition) is 2. The van der Waals surface area contributed by atoms with Crippen LogP contribution in [0.3, 0.4) is 0 Å². The van der Waals surface area contributed by atoms with Crippen molar-refractivity contribution in [2.45, 2.75) is 0 Å². The van der Waals surface area contributed by atoms with Crippen LogP contribution in [0.25, 0.3) is 44.1 Å². The molecule has 190 valence electrons. The van der Waals surface area contributed by atoms with E-state index in [2.05, 4.69) is 130 Å². The molecule has 3 nitrogen and oxygen atoms in total. The molecule has 0 radical (unpaired) electrons. The second-order valence-corrected chi connectivity index (χ2v) is 12.7. The molecule has 0 aliphatic carbocycles. The largest absolute Gasteiger partial charge is 0.376 e. The molecule has 1 aliphatic heterocycles. The Morgan fingerprint density at radius 1 is 0.475 bits per heavy atom. The predicted molar refractivity (Wildman–Crippen MR) is 170 cm³/mol. The Morgan fingerprint density at radius 3 is 1.68 bits per heavy atom. The Balaban J connectivity index is 1.49. The highest BCUT2D eigenvalue weighted by molar-refractivity contribution is 7.79. The van der Waals surface area contributed by atoms with Gasteiger partial charge >= 0.3 is 7.79 Å². The van der Waals surface area contributed by atoms with E-state index in [4.69, 9.17) is 0 Å². The molecule has 0 fully saturated rings. The highest BCUT2D eigenvalue weighted by Gasteiger charge is 2.57. The number of para-hydroxylation sites is 3. The van der Waals surface area contributed by atoms with Crippen molar-refractivity contribution >= 4 is 46.3 Å². The summed E-state index contributed by atoms with van der Waals surface area (Å²) in [6.45, 7) is 0. The number of rotatable bonds is 4. The second kappa shape index (κ2) is 8.93. The monoisotopic (exact) mass is 533 g/mol. The third-order valence-electron chi connectivity index (χ3n) is 7.91. The van der Waals surface area contributed by atoms with E-state index in [0.717, 1.165) is 60.7 Å². The first-order valence-electron chi connectivity index (χ1n) is 13.5. The van der Waals surface area contributed by atoms with Gasteiger partial charge in [-0.3, -0.25) is 0 Å². The molecule has 0 saturated carbocycles. The highest BCUT2D eigenvalue weighted by atomic mass is 31.2. The van der Waals surface area contributed by atoms with Gasteiger partial charge in [-0.2, -0.15) is 13.9 Å². The Hall–Kier alpha value is -4.69. The Bertz CT molecular complexity index is 1960. The van der Waals surface area contributed by atoms with Crippen molar-refractivity contribution in [1.82, 2.24) is 4.34 Å². The van der Waals surface area contributed by atoms with Crippen LogP contribution in [0.5, 0.6) is 0 Å². The fraction of sp³-hybridized carbons (Fsp3) is 0. The van der Waals surface area contributed by atoms with E-state index in [9.17, 15) is 4.89 Å². The lowest BCUT2D eigenvalue weighted by Gasteiger charge is -2.28. The van der Waals surface area contributed by atoms with E-state index >= 15 is 0 Å². The molecule has 0 bridgehead atoms. The fourth-order valence-electron chi connectivity index (χ4n) is 6.16. The minimum Gasteiger partial charge on any atom is -0.198 e. The van der Waals surface area contributed by atoms with Crippen molar-refractivity contribution in [3.05, 3.63) is 152 Å². The van der Waals surface area contributed by atoms with Gasteiger partial charge < -0.3 is 0 Å². The first kappa shape index (κ1) is 23.2. The normalized spacial score (nSPS) is 16.2. The van der Waals surface area contributed by atoms with Gasteiger partial charge in [0.25, 0.3) is 0 Å². The van der Waals surface area contributed by atoms with Crippen LogP contribution in [-0.4, -0.2) is 9.23 Å². The standard InChI is InChI=1S/C36H26N2OP/c39-40(31-24-28(26-13-4-1-5-14-26)23-29(25-31)27-15-6-2-7-16-27)37(30-17-8-3-9-18-30)35-22-12-20-33-32-19-10-11-21-34(32)38(40)36(33)35/h1-25,39H/q+1. The number of hydrogen-bond donors (Lipinski definition) is 1. The quantitative estimate of drug-likeness (QED) is 0.229. The van der Waals surface area contributed by atoms with Crippen molar-refractivity contribution in [1.29, 1.82) is 0 Å². The van der Waals surface area contributed by atoms with Crippen LogP contribution in [0.15, 0.2) is 152 Å². The Kier molecular flexibility index (Phi) is 5.18. The van der Waals surface area contributed by atoms with Crippen molar-refractivity contribution in [2.75, 3.05) is 4.67 Å². The average Bonchev–Trinajstić information content (AvgIpc) is 3.52. The van der Waals surface area contributed by atoms with E-state index < -0.39 is 7.79 Å². The molecule has 1 atom stereocenters. The van der Waals surface area contributed by atoms with E-state index in [0.29, 0.717) is 0 Å². The number of aromatic nitrogens is 1. The molecule has 2 heterocycles. The molecular weight excluding hydrogens is 507 g/mol. The minimum absolute atomic E-state index is 0.912. The summed E-state index contributed by atoms with van der Waals surface area (Å²) in [6.07, 6.45) is 0. The minimum atomic E-state index is -3.20. The fourth-order valence-corrected chi connectivity index (χ4v) is 9.30. The number of benzene rings is 6. The second-order valence-electron chi connectivity index (χ2n) is 10.2. The van der Waals surface area contributed by atoms with E-state index in [1.807, 2.05) is 30.3 Å². The smallest absolute Gasteiger partial charge is 0.198 e. The van der Waals surface area contributed by atoms with Gasteiger partial charge in [0.15, 0.2) is 5.30 Å². The summed E-state index contributed by atoms with van der Waals surface area (Å²) in [5.41, 5.74) is 8.55. The predicted octanol–water partition coefficient (Wildman–Crippen LogP) is 9.21. The number of anilines is 2. The third-order valence-corrected chi connectivity index (χ3v) is 10.8. The van der Waals surface area contributed by atoms with Crippen LogP contribution in [0.2, 0.25) is 0 Å². The van der Waals surface area contributed by atoms with Crippen molar-refractivity contribution in [3.8, 4) is 22.3 Å². The van der Waals surface area contributed by atoms with Gasteiger partial charge in [0.2, 0.25) is 0 Å². The summed E-state index contributed by atoms with van der Waals surface area (Å²) < 4.78 is 4.43. The molecule has 6 aromatic carbocycles. The van der Waals surface area contributed by atoms with Crippen molar-refractivity contribution < 1.29 is 4.89 Å². The van der Waals surface area contributed by atoms with Gasteiger partial charge in [0.1, 0.15) is 11.2 Å². The molecule has 0 amide bonds. The van der Waals surface area contributed by atoms with Crippen LogP contribution in [-0.2, 0) is 0 Å². The zero-order valence-corrected chi connectivity index (χ0v) is 22.6. The lowest BCUT2D eigenvalue weighted by Crippen LogP contribution is -2.28. The molecule has 0 spiro atoms. The van der Waals surface area contributed by atoms with Crippen LogP contribution in [0.1, 0.15) is 0 Å². The topological polar surface area (TPSA) is 28.4 Å². The molecule has 1 unspecified atom stereocenters. The van der Waals surface area contributed by atoms with Crippen LogP contribution in [0, 0.1) is 0 Å². The summed E-state index contributed by atoms with van der Waals surface area (Å²) in [5.74, 6) is 0. The van der Waals surface area contributed by atoms with Crippen LogP contribution >= 0.6 is 7.79 Å². The molecule has 1 N–H and O–H groups in total. The van der Waals surface area contributed by atoms with Crippen LogP contribution in [0.4, 0.5) is 11.4 Å². The molecule has 1 aromatic heterocycles. The average molecular weight is 534 g/mol. The van der Waals surface area contributed by atoms with Gasteiger partial charge in [0.05, 0.1) is 11.2 Å². The maximum atomic E-state index is 13.4. The van der Waals surface area contributed by atoms with E-state index in [1.54, 1.807) is 0 Å². The Morgan fingerprint density at radius 2 is 1.02 bits per heavy atom. The first-order chi connectivity index (χ1) is 19.7. The lowest BCUT2D eigenvalue weighted by molar-refractivity contribution is 0.605. The zero-order valence-electron chi connectivity index (χ0n) is 21.7. The maximum Gasteiger partial charge on any atom is 0.376 e. The first-order valence-corrected chi connectivity index (χ1v) is 15.2. The summed E-state index contributed by atoms with van der Waals surface area (Å²) in [4.78, 5) is 13.4. The van der Waals surface area contributed by atoms with Crippen molar-refractivity contribution in [3.63, 3.8) is 0 Å². The molecule has 7 aromatic rings. The molecule has 40 heavy (non-hydrogen) atoms. The number of nitrogens with zero attached hydrogens (tertiary/aromatic N) is 2. The molecule has 8 rings (SSSR count). The highest BCUT2D eigenvalue weighted by Crippen LogP contribution is 2.71. The summed E-state index contributed by atoms with van der Waals surface area (Å²) in [7, 11) is -3.20. The summed E-state index contributed by atoms with van der Waals surface area (Å²) >= 11 is 0. The van der Waals surface area contributed by atoms with E-state index in [1.165, 1.54) is 0 Å². The molecule has 4 heteroatoms. The van der Waals surface area contributed by atoms with Crippen molar-refractivity contribution in [2.24, 2.45) is 0 Å². The summed E-state index contributed by atoms with van der Waals surface area (Å²) in [5, 5.41) is 3.23. The lowest BCUT2D eigenvalue weighted by atomic mass is 9.99. The number of fused-ring (bicyclic) bond motifs is 3. The zero-order chi connectivity index (χ0) is 26.7. The molecule has 1 aliphatic rings. The maximum absolute atomic E-state index is 13.4. The summed E-state index contributed by atoms with van der Waals surface area (Å²) in [6, 6.07) is 52.7. The van der Waals surface area contributed by atoms with Gasteiger partial charge in [-0.15, -0.1) is 0 Å². The Labute approximate surface area is 233 Å². The van der Waals surface area contributed by atoms with E-state index in [-0.39, 0.29) is 0 Å². The van der Waals surface area contributed by atoms with Gasteiger partial charge in [0, 0.05) is 10.8 Å². The third kappa shape index (κ3) is 3.32. The molecule has 0 saturated heterocycles. The van der Waals surface area contributed by atoms with Gasteiger partial charge in [-0.1, -0.05) is 109 Å². The SMILES string of the molecule is O[P+]1(c2cc(-c3ccccc3)cc(-c3ccccc3)c2)N(c2ccccc2)c2cccc3c4ccccc4n1c23. The van der Waals surface area contributed by atoms with Crippen LogP contribution < -0.4 is 9.97 Å². The molecular formula is C36H26N2OP+. The van der Waals surface area contributed by atoms with Gasteiger partial charge in [-0.25, -0.2) is 0 Å². The van der Waals surface area contributed by atoms with Gasteiger partial charge in [-0.05, 0) is 64.7 Å².